The van der Waals surface area contributed by atoms with Gasteiger partial charge < -0.3 is 4.74 Å². The molecule has 4 aromatic rings. The van der Waals surface area contributed by atoms with Crippen molar-refractivity contribution in [3.8, 4) is 5.75 Å². The van der Waals surface area contributed by atoms with E-state index in [1.807, 2.05) is 59.9 Å². The third-order valence-corrected chi connectivity index (χ3v) is 4.05. The summed E-state index contributed by atoms with van der Waals surface area (Å²) in [6.07, 6.45) is 0. The predicted molar refractivity (Wildman–Crippen MR) is 91.2 cm³/mol. The average Bonchev–Trinajstić information content (AvgIpc) is 3.02. The van der Waals surface area contributed by atoms with Crippen molar-refractivity contribution in [1.29, 1.82) is 0 Å². The summed E-state index contributed by atoms with van der Waals surface area (Å²) in [5.41, 5.74) is 1.83. The lowest BCUT2D eigenvalue weighted by Crippen LogP contribution is -2.20. The van der Waals surface area contributed by atoms with Crippen LogP contribution in [-0.4, -0.2) is 19.2 Å². The molecule has 0 N–H and O–H groups in total. The molecule has 24 heavy (non-hydrogen) atoms. The fourth-order valence-corrected chi connectivity index (χ4v) is 2.84. The number of benzene rings is 2. The molecule has 0 fully saturated rings. The largest absolute Gasteiger partial charge is 0.486 e. The highest BCUT2D eigenvalue weighted by Crippen LogP contribution is 2.17. The lowest BCUT2D eigenvalue weighted by molar-refractivity contribution is 0.294. The van der Waals surface area contributed by atoms with Gasteiger partial charge in [-0.25, -0.2) is 0 Å². The van der Waals surface area contributed by atoms with Gasteiger partial charge in [0.25, 0.3) is 5.56 Å². The van der Waals surface area contributed by atoms with Crippen LogP contribution in [0.25, 0.3) is 16.7 Å². The molecule has 4 rings (SSSR count). The summed E-state index contributed by atoms with van der Waals surface area (Å²) in [7, 11) is 1.70. The minimum absolute atomic E-state index is 0.0864. The van der Waals surface area contributed by atoms with Crippen molar-refractivity contribution in [2.24, 2.45) is 7.05 Å². The van der Waals surface area contributed by atoms with Crippen LogP contribution < -0.4 is 10.3 Å². The molecule has 0 unspecified atom stereocenters. The summed E-state index contributed by atoms with van der Waals surface area (Å²) >= 11 is 0. The number of rotatable bonds is 3. The molecule has 0 radical (unpaired) electrons. The third kappa shape index (κ3) is 2.23. The molecule has 2 aromatic heterocycles. The van der Waals surface area contributed by atoms with Gasteiger partial charge in [-0.15, -0.1) is 10.2 Å². The van der Waals surface area contributed by atoms with Gasteiger partial charge >= 0.3 is 0 Å². The fourth-order valence-electron chi connectivity index (χ4n) is 2.84. The van der Waals surface area contributed by atoms with Gasteiger partial charge in [-0.1, -0.05) is 24.3 Å². The number of hydrogen-bond donors (Lipinski definition) is 0. The lowest BCUT2D eigenvalue weighted by atomic mass is 10.2. The molecule has 0 saturated heterocycles. The normalized spacial score (nSPS) is 11.2. The Morgan fingerprint density at radius 3 is 2.75 bits per heavy atom. The van der Waals surface area contributed by atoms with Gasteiger partial charge in [0, 0.05) is 7.05 Å². The molecule has 2 heterocycles. The van der Waals surface area contributed by atoms with Gasteiger partial charge in [-0.3, -0.25) is 13.8 Å². The Kier molecular flexibility index (Phi) is 3.30. The van der Waals surface area contributed by atoms with Crippen molar-refractivity contribution in [2.75, 3.05) is 0 Å². The lowest BCUT2D eigenvalue weighted by Gasteiger charge is -2.09. The maximum atomic E-state index is 12.4. The molecule has 120 valence electrons. The first-order valence-corrected chi connectivity index (χ1v) is 7.66. The Balaban J connectivity index is 1.83. The summed E-state index contributed by atoms with van der Waals surface area (Å²) in [5, 5.41) is 9.00. The highest BCUT2D eigenvalue weighted by Gasteiger charge is 2.14. The Labute approximate surface area is 137 Å². The molecule has 0 amide bonds. The van der Waals surface area contributed by atoms with Crippen LogP contribution in [0.2, 0.25) is 0 Å². The van der Waals surface area contributed by atoms with Gasteiger partial charge in [0.1, 0.15) is 12.4 Å². The summed E-state index contributed by atoms with van der Waals surface area (Å²) < 4.78 is 9.22. The minimum Gasteiger partial charge on any atom is -0.486 e. The van der Waals surface area contributed by atoms with Crippen molar-refractivity contribution in [3.05, 3.63) is 70.3 Å². The van der Waals surface area contributed by atoms with Crippen LogP contribution in [0.1, 0.15) is 11.4 Å². The smallest absolute Gasteiger partial charge is 0.262 e. The molecule has 0 aliphatic rings. The molecular formula is C18H16N4O2. The molecule has 0 aliphatic carbocycles. The summed E-state index contributed by atoms with van der Waals surface area (Å²) in [5.74, 6) is 1.93. The van der Waals surface area contributed by atoms with Gasteiger partial charge in [0.2, 0.25) is 5.78 Å². The predicted octanol–water partition coefficient (Wildman–Crippen LogP) is 2.47. The number of ether oxygens (including phenoxy) is 1. The SMILES string of the molecule is Cc1cccc(OCc2nnc3n(C)c(=O)c4ccccc4n23)c1. The summed E-state index contributed by atoms with van der Waals surface area (Å²) in [4.78, 5) is 12.4. The van der Waals surface area contributed by atoms with Crippen LogP contribution in [0.5, 0.6) is 5.75 Å². The van der Waals surface area contributed by atoms with Crippen LogP contribution in [0.4, 0.5) is 0 Å². The highest BCUT2D eigenvalue weighted by molar-refractivity contribution is 5.80. The van der Waals surface area contributed by atoms with E-state index in [-0.39, 0.29) is 12.2 Å². The van der Waals surface area contributed by atoms with E-state index < -0.39 is 0 Å². The van der Waals surface area contributed by atoms with Crippen molar-refractivity contribution < 1.29 is 4.74 Å². The van der Waals surface area contributed by atoms with E-state index in [1.165, 1.54) is 4.57 Å². The second-order valence-electron chi connectivity index (χ2n) is 5.74. The van der Waals surface area contributed by atoms with Crippen molar-refractivity contribution in [3.63, 3.8) is 0 Å². The monoisotopic (exact) mass is 320 g/mol. The van der Waals surface area contributed by atoms with E-state index in [4.69, 9.17) is 4.74 Å². The van der Waals surface area contributed by atoms with Crippen LogP contribution in [0.15, 0.2) is 53.3 Å². The number of aryl methyl sites for hydroxylation is 2. The van der Waals surface area contributed by atoms with E-state index >= 15 is 0 Å². The van der Waals surface area contributed by atoms with Crippen molar-refractivity contribution >= 4 is 16.7 Å². The maximum absolute atomic E-state index is 12.4. The number of fused-ring (bicyclic) bond motifs is 3. The summed E-state index contributed by atoms with van der Waals surface area (Å²) in [6, 6.07) is 15.3. The van der Waals surface area contributed by atoms with Gasteiger partial charge in [-0.05, 0) is 36.8 Å². The topological polar surface area (TPSA) is 61.4 Å². The fraction of sp³-hybridized carbons (Fsp3) is 0.167. The van der Waals surface area contributed by atoms with Crippen LogP contribution >= 0.6 is 0 Å². The third-order valence-electron chi connectivity index (χ3n) is 4.05. The number of aromatic nitrogens is 4. The first-order valence-electron chi connectivity index (χ1n) is 7.66. The molecule has 6 nitrogen and oxygen atoms in total. The van der Waals surface area contributed by atoms with Crippen molar-refractivity contribution in [2.45, 2.75) is 13.5 Å². The minimum atomic E-state index is -0.0864. The van der Waals surface area contributed by atoms with E-state index in [1.54, 1.807) is 7.05 Å². The second-order valence-corrected chi connectivity index (χ2v) is 5.74. The van der Waals surface area contributed by atoms with E-state index in [9.17, 15) is 4.79 Å². The first-order chi connectivity index (χ1) is 11.6. The molecule has 0 atom stereocenters. The molecule has 0 spiro atoms. The Hall–Kier alpha value is -3.15. The number of para-hydroxylation sites is 1. The van der Waals surface area contributed by atoms with Crippen LogP contribution in [0.3, 0.4) is 0 Å². The molecule has 6 heteroatoms. The first kappa shape index (κ1) is 14.4. The number of nitrogens with zero attached hydrogens (tertiary/aromatic N) is 4. The zero-order valence-corrected chi connectivity index (χ0v) is 13.4. The number of hydrogen-bond acceptors (Lipinski definition) is 4. The Morgan fingerprint density at radius 2 is 1.92 bits per heavy atom. The second kappa shape index (κ2) is 5.49. The zero-order valence-electron chi connectivity index (χ0n) is 13.4. The van der Waals surface area contributed by atoms with Crippen LogP contribution in [-0.2, 0) is 13.7 Å². The standard InChI is InChI=1S/C18H16N4O2/c1-12-6-5-7-13(10-12)24-11-16-19-20-18-21(2)17(23)14-8-3-4-9-15(14)22(16)18/h3-10H,11H2,1-2H3. The average molecular weight is 320 g/mol. The van der Waals surface area contributed by atoms with Gasteiger partial charge in [0.05, 0.1) is 10.9 Å². The van der Waals surface area contributed by atoms with Crippen LogP contribution in [0, 0.1) is 6.92 Å². The summed E-state index contributed by atoms with van der Waals surface area (Å²) in [6.45, 7) is 2.29. The van der Waals surface area contributed by atoms with Gasteiger partial charge in [0.15, 0.2) is 5.82 Å². The zero-order chi connectivity index (χ0) is 16.7. The molecular weight excluding hydrogens is 304 g/mol. The van der Waals surface area contributed by atoms with E-state index in [0.717, 1.165) is 16.8 Å². The highest BCUT2D eigenvalue weighted by atomic mass is 16.5. The molecule has 0 aliphatic heterocycles. The molecule has 2 aromatic carbocycles. The molecule has 0 bridgehead atoms. The van der Waals surface area contributed by atoms with Crippen molar-refractivity contribution in [1.82, 2.24) is 19.2 Å². The van der Waals surface area contributed by atoms with E-state index in [2.05, 4.69) is 10.2 Å². The van der Waals surface area contributed by atoms with E-state index in [0.29, 0.717) is 17.0 Å². The Morgan fingerprint density at radius 1 is 1.08 bits per heavy atom. The molecule has 0 saturated carbocycles. The van der Waals surface area contributed by atoms with Gasteiger partial charge in [-0.2, -0.15) is 0 Å². The Bertz CT molecular complexity index is 1110. The quantitative estimate of drug-likeness (QED) is 0.582. The maximum Gasteiger partial charge on any atom is 0.262 e.